The van der Waals surface area contributed by atoms with Crippen molar-refractivity contribution in [3.8, 4) is 0 Å². The first kappa shape index (κ1) is 13.5. The molecule has 3 N–H and O–H groups in total. The average Bonchev–Trinajstić information content (AvgIpc) is 2.35. The van der Waals surface area contributed by atoms with Crippen LogP contribution >= 0.6 is 0 Å². The van der Waals surface area contributed by atoms with E-state index in [1.165, 1.54) is 32.1 Å². The molecule has 1 aliphatic carbocycles. The second-order valence-corrected chi connectivity index (χ2v) is 4.94. The fourth-order valence-corrected chi connectivity index (χ4v) is 2.56. The van der Waals surface area contributed by atoms with Crippen LogP contribution in [-0.2, 0) is 4.79 Å². The van der Waals surface area contributed by atoms with Crippen molar-refractivity contribution in [1.82, 2.24) is 5.32 Å². The molecule has 16 heavy (non-hydrogen) atoms. The molecule has 2 unspecified atom stereocenters. The molecule has 0 spiro atoms. The Balaban J connectivity index is 2.44. The van der Waals surface area contributed by atoms with Crippen LogP contribution in [0, 0.1) is 5.92 Å². The van der Waals surface area contributed by atoms with Crippen LogP contribution in [0.25, 0.3) is 0 Å². The molecule has 1 aliphatic rings. The molecule has 0 aliphatic heterocycles. The summed E-state index contributed by atoms with van der Waals surface area (Å²) in [6.45, 7) is 4.10. The minimum atomic E-state index is -0.336. The van der Waals surface area contributed by atoms with Gasteiger partial charge in [-0.2, -0.15) is 0 Å². The highest BCUT2D eigenvalue weighted by Gasteiger charge is 2.24. The van der Waals surface area contributed by atoms with Crippen molar-refractivity contribution >= 4 is 5.91 Å². The summed E-state index contributed by atoms with van der Waals surface area (Å²) in [5.74, 6) is 0.701. The molecule has 1 fully saturated rings. The minimum Gasteiger partial charge on any atom is -0.352 e. The van der Waals surface area contributed by atoms with Gasteiger partial charge in [0.2, 0.25) is 5.91 Å². The van der Waals surface area contributed by atoms with Crippen LogP contribution in [0.1, 0.15) is 58.8 Å². The number of carbonyl (C=O) groups is 1. The van der Waals surface area contributed by atoms with E-state index in [0.29, 0.717) is 18.4 Å². The Morgan fingerprint density at radius 1 is 1.25 bits per heavy atom. The molecule has 2 atom stereocenters. The zero-order valence-corrected chi connectivity index (χ0v) is 10.7. The number of nitrogens with one attached hydrogen (secondary N) is 1. The van der Waals surface area contributed by atoms with Crippen LogP contribution in [0.4, 0.5) is 0 Å². The smallest absolute Gasteiger partial charge is 0.237 e. The Bertz CT molecular complexity index is 212. The highest BCUT2D eigenvalue weighted by atomic mass is 16.2. The van der Waals surface area contributed by atoms with E-state index in [2.05, 4.69) is 12.2 Å². The summed E-state index contributed by atoms with van der Waals surface area (Å²) in [6.07, 6.45) is 8.25. The van der Waals surface area contributed by atoms with E-state index in [1.807, 2.05) is 6.92 Å². The average molecular weight is 226 g/mol. The summed E-state index contributed by atoms with van der Waals surface area (Å²) in [7, 11) is 0. The van der Waals surface area contributed by atoms with Gasteiger partial charge in [0.25, 0.3) is 0 Å². The van der Waals surface area contributed by atoms with Crippen molar-refractivity contribution in [2.45, 2.75) is 70.9 Å². The van der Waals surface area contributed by atoms with E-state index in [-0.39, 0.29) is 11.9 Å². The molecular weight excluding hydrogens is 200 g/mol. The first-order valence-corrected chi connectivity index (χ1v) is 6.75. The van der Waals surface area contributed by atoms with Crippen molar-refractivity contribution in [1.29, 1.82) is 0 Å². The summed E-state index contributed by atoms with van der Waals surface area (Å²) in [4.78, 5) is 11.7. The van der Waals surface area contributed by atoms with Crippen molar-refractivity contribution in [3.05, 3.63) is 0 Å². The number of hydrogen-bond acceptors (Lipinski definition) is 2. The molecule has 3 nitrogen and oxygen atoms in total. The Morgan fingerprint density at radius 3 is 2.38 bits per heavy atom. The SMILES string of the molecule is CCC(N)C(=O)NC(CC)C1CCCCC1. The summed E-state index contributed by atoms with van der Waals surface area (Å²) in [5, 5.41) is 3.12. The Labute approximate surface area is 99.2 Å². The maximum atomic E-state index is 11.7. The van der Waals surface area contributed by atoms with E-state index in [1.54, 1.807) is 0 Å². The van der Waals surface area contributed by atoms with Gasteiger partial charge in [-0.1, -0.05) is 33.1 Å². The van der Waals surface area contributed by atoms with Gasteiger partial charge in [-0.25, -0.2) is 0 Å². The third-order valence-electron chi connectivity index (χ3n) is 3.76. The van der Waals surface area contributed by atoms with Gasteiger partial charge < -0.3 is 11.1 Å². The van der Waals surface area contributed by atoms with Crippen LogP contribution in [0.2, 0.25) is 0 Å². The topological polar surface area (TPSA) is 55.1 Å². The highest BCUT2D eigenvalue weighted by molar-refractivity contribution is 5.81. The first-order chi connectivity index (χ1) is 7.69. The lowest BCUT2D eigenvalue weighted by molar-refractivity contribution is -0.123. The Morgan fingerprint density at radius 2 is 1.88 bits per heavy atom. The number of amides is 1. The van der Waals surface area contributed by atoms with Gasteiger partial charge in [-0.05, 0) is 31.6 Å². The largest absolute Gasteiger partial charge is 0.352 e. The van der Waals surface area contributed by atoms with Crippen LogP contribution in [-0.4, -0.2) is 18.0 Å². The zero-order valence-electron chi connectivity index (χ0n) is 10.7. The molecule has 1 saturated carbocycles. The standard InChI is InChI=1S/C13H26N2O/c1-3-11(14)13(16)15-12(4-2)10-8-6-5-7-9-10/h10-12H,3-9,14H2,1-2H3,(H,15,16). The molecule has 1 rings (SSSR count). The molecule has 0 radical (unpaired) electrons. The number of carbonyl (C=O) groups excluding carboxylic acids is 1. The maximum absolute atomic E-state index is 11.7. The van der Waals surface area contributed by atoms with E-state index >= 15 is 0 Å². The normalized spacial score (nSPS) is 21.4. The Hall–Kier alpha value is -0.570. The van der Waals surface area contributed by atoms with Gasteiger partial charge in [-0.3, -0.25) is 4.79 Å². The van der Waals surface area contributed by atoms with Crippen molar-refractivity contribution < 1.29 is 4.79 Å². The van der Waals surface area contributed by atoms with E-state index in [0.717, 1.165) is 6.42 Å². The second-order valence-electron chi connectivity index (χ2n) is 4.94. The number of hydrogen-bond donors (Lipinski definition) is 2. The highest BCUT2D eigenvalue weighted by Crippen LogP contribution is 2.27. The van der Waals surface area contributed by atoms with Crippen LogP contribution in [0.15, 0.2) is 0 Å². The third kappa shape index (κ3) is 3.78. The summed E-state index contributed by atoms with van der Waals surface area (Å²) in [5.41, 5.74) is 5.74. The van der Waals surface area contributed by atoms with Gasteiger partial charge in [0, 0.05) is 6.04 Å². The van der Waals surface area contributed by atoms with Gasteiger partial charge in [-0.15, -0.1) is 0 Å². The second kappa shape index (κ2) is 6.89. The van der Waals surface area contributed by atoms with Crippen LogP contribution in [0.5, 0.6) is 0 Å². The van der Waals surface area contributed by atoms with E-state index < -0.39 is 0 Å². The fourth-order valence-electron chi connectivity index (χ4n) is 2.56. The van der Waals surface area contributed by atoms with Crippen molar-refractivity contribution in [2.75, 3.05) is 0 Å². The molecule has 3 heteroatoms. The quantitative estimate of drug-likeness (QED) is 0.755. The molecule has 94 valence electrons. The minimum absolute atomic E-state index is 0.0277. The molecule has 0 heterocycles. The third-order valence-corrected chi connectivity index (χ3v) is 3.76. The number of nitrogens with two attached hydrogens (primary N) is 1. The van der Waals surface area contributed by atoms with Gasteiger partial charge in [0.15, 0.2) is 0 Å². The zero-order chi connectivity index (χ0) is 12.0. The lowest BCUT2D eigenvalue weighted by Crippen LogP contribution is -2.47. The lowest BCUT2D eigenvalue weighted by Gasteiger charge is -2.31. The molecule has 1 amide bonds. The monoisotopic (exact) mass is 226 g/mol. The van der Waals surface area contributed by atoms with E-state index in [4.69, 9.17) is 5.73 Å². The first-order valence-electron chi connectivity index (χ1n) is 6.75. The Kier molecular flexibility index (Phi) is 5.81. The van der Waals surface area contributed by atoms with Gasteiger partial charge in [0.1, 0.15) is 0 Å². The molecular formula is C13H26N2O. The lowest BCUT2D eigenvalue weighted by atomic mass is 9.83. The van der Waals surface area contributed by atoms with Gasteiger partial charge in [0.05, 0.1) is 6.04 Å². The molecule has 0 bridgehead atoms. The van der Waals surface area contributed by atoms with Gasteiger partial charge >= 0.3 is 0 Å². The van der Waals surface area contributed by atoms with E-state index in [9.17, 15) is 4.79 Å². The maximum Gasteiger partial charge on any atom is 0.237 e. The summed E-state index contributed by atoms with van der Waals surface area (Å²) >= 11 is 0. The van der Waals surface area contributed by atoms with Crippen molar-refractivity contribution in [2.24, 2.45) is 11.7 Å². The molecule has 0 saturated heterocycles. The van der Waals surface area contributed by atoms with Crippen LogP contribution in [0.3, 0.4) is 0 Å². The number of rotatable bonds is 5. The summed E-state index contributed by atoms with van der Waals surface area (Å²) in [6, 6.07) is 0.00282. The molecule has 0 aromatic carbocycles. The summed E-state index contributed by atoms with van der Waals surface area (Å²) < 4.78 is 0. The predicted octanol–water partition coefficient (Wildman–Crippen LogP) is 2.20. The predicted molar refractivity (Wildman–Crippen MR) is 67.1 cm³/mol. The van der Waals surface area contributed by atoms with Crippen molar-refractivity contribution in [3.63, 3.8) is 0 Å². The van der Waals surface area contributed by atoms with Crippen LogP contribution < -0.4 is 11.1 Å². The molecule has 0 aromatic heterocycles. The molecule has 0 aromatic rings. The fraction of sp³-hybridized carbons (Fsp3) is 0.923.